The number of halogens is 1. The highest BCUT2D eigenvalue weighted by Gasteiger charge is 2.23. The molecule has 0 aliphatic rings. The Kier molecular flexibility index (Phi) is 7.85. The normalized spacial score (nSPS) is 12.3. The topological polar surface area (TPSA) is 66.5 Å². The van der Waals surface area contributed by atoms with Gasteiger partial charge in [0.15, 0.2) is 0 Å². The SMILES string of the molecule is CS(=O)(=O)N[C@@H](CC(=O)N(Cc1ccccc1)Cc1ccccc1)c1ccc(Cl)cc1. The average molecular weight is 457 g/mol. The van der Waals surface area contributed by atoms with E-state index in [0.29, 0.717) is 23.7 Å². The molecule has 7 heteroatoms. The monoisotopic (exact) mass is 456 g/mol. The molecule has 5 nitrogen and oxygen atoms in total. The van der Waals surface area contributed by atoms with Crippen LogP contribution in [0.2, 0.25) is 5.02 Å². The molecule has 0 fully saturated rings. The Morgan fingerprint density at radius 1 is 0.871 bits per heavy atom. The standard InChI is InChI=1S/C24H25ClN2O3S/c1-31(29,30)26-23(21-12-14-22(25)15-13-21)16-24(28)27(17-19-8-4-2-5-9-19)18-20-10-6-3-7-11-20/h2-15,23,26H,16-18H2,1H3/t23-/m0/s1. The van der Waals surface area contributed by atoms with Gasteiger partial charge in [-0.2, -0.15) is 0 Å². The van der Waals surface area contributed by atoms with Crippen LogP contribution >= 0.6 is 11.6 Å². The number of hydrogen-bond donors (Lipinski definition) is 1. The molecule has 0 aromatic heterocycles. The van der Waals surface area contributed by atoms with Crippen LogP contribution in [0.15, 0.2) is 84.9 Å². The lowest BCUT2D eigenvalue weighted by Crippen LogP contribution is -2.35. The highest BCUT2D eigenvalue weighted by molar-refractivity contribution is 7.88. The van der Waals surface area contributed by atoms with Crippen LogP contribution in [-0.2, 0) is 27.9 Å². The molecule has 0 bridgehead atoms. The van der Waals surface area contributed by atoms with Crippen LogP contribution in [0.1, 0.15) is 29.2 Å². The minimum atomic E-state index is -3.52. The second kappa shape index (κ2) is 10.6. The molecule has 31 heavy (non-hydrogen) atoms. The largest absolute Gasteiger partial charge is 0.334 e. The summed E-state index contributed by atoms with van der Waals surface area (Å²) in [6, 6.07) is 25.6. The van der Waals surface area contributed by atoms with Crippen molar-refractivity contribution in [2.45, 2.75) is 25.6 Å². The maximum absolute atomic E-state index is 13.4. The predicted molar refractivity (Wildman–Crippen MR) is 124 cm³/mol. The molecule has 0 unspecified atom stereocenters. The number of carbonyl (C=O) groups is 1. The van der Waals surface area contributed by atoms with E-state index < -0.39 is 16.1 Å². The Bertz CT molecular complexity index is 1050. The summed E-state index contributed by atoms with van der Waals surface area (Å²) in [7, 11) is -3.52. The van der Waals surface area contributed by atoms with Crippen LogP contribution in [0.25, 0.3) is 0 Å². The Hall–Kier alpha value is -2.67. The van der Waals surface area contributed by atoms with Gasteiger partial charge in [-0.25, -0.2) is 13.1 Å². The predicted octanol–water partition coefficient (Wildman–Crippen LogP) is 4.55. The number of rotatable bonds is 9. The first-order valence-electron chi connectivity index (χ1n) is 9.88. The van der Waals surface area contributed by atoms with Gasteiger partial charge in [-0.15, -0.1) is 0 Å². The minimum absolute atomic E-state index is 0.00559. The van der Waals surface area contributed by atoms with E-state index in [-0.39, 0.29) is 12.3 Å². The Balaban J connectivity index is 1.85. The van der Waals surface area contributed by atoms with Gasteiger partial charge in [0.25, 0.3) is 0 Å². The summed E-state index contributed by atoms with van der Waals surface area (Å²) in [5.41, 5.74) is 2.69. The number of benzene rings is 3. The zero-order valence-corrected chi connectivity index (χ0v) is 18.8. The third kappa shape index (κ3) is 7.51. The maximum atomic E-state index is 13.4. The van der Waals surface area contributed by atoms with E-state index in [9.17, 15) is 13.2 Å². The summed E-state index contributed by atoms with van der Waals surface area (Å²) < 4.78 is 26.5. The first-order valence-corrected chi connectivity index (χ1v) is 12.2. The summed E-state index contributed by atoms with van der Waals surface area (Å²) in [5.74, 6) is -0.149. The third-order valence-corrected chi connectivity index (χ3v) is 5.76. The molecular weight excluding hydrogens is 432 g/mol. The van der Waals surface area contributed by atoms with Crippen LogP contribution in [0.3, 0.4) is 0 Å². The lowest BCUT2D eigenvalue weighted by Gasteiger charge is -2.26. The minimum Gasteiger partial charge on any atom is -0.334 e. The van der Waals surface area contributed by atoms with E-state index in [0.717, 1.165) is 17.4 Å². The zero-order chi connectivity index (χ0) is 22.3. The maximum Gasteiger partial charge on any atom is 0.225 e. The number of carbonyl (C=O) groups excluding carboxylic acids is 1. The summed E-state index contributed by atoms with van der Waals surface area (Å²) >= 11 is 5.97. The Morgan fingerprint density at radius 2 is 1.35 bits per heavy atom. The lowest BCUT2D eigenvalue weighted by molar-refractivity contribution is -0.133. The highest BCUT2D eigenvalue weighted by atomic mass is 35.5. The highest BCUT2D eigenvalue weighted by Crippen LogP contribution is 2.22. The van der Waals surface area contributed by atoms with E-state index in [1.807, 2.05) is 60.7 Å². The Labute approximate surface area is 188 Å². The fourth-order valence-electron chi connectivity index (χ4n) is 3.32. The van der Waals surface area contributed by atoms with E-state index >= 15 is 0 Å². The van der Waals surface area contributed by atoms with E-state index in [2.05, 4.69) is 4.72 Å². The van der Waals surface area contributed by atoms with Gasteiger partial charge < -0.3 is 4.90 Å². The van der Waals surface area contributed by atoms with Crippen molar-refractivity contribution < 1.29 is 13.2 Å². The first kappa shape index (κ1) is 23.0. The molecule has 0 spiro atoms. The van der Waals surface area contributed by atoms with Crippen LogP contribution in [-0.4, -0.2) is 25.5 Å². The second-order valence-electron chi connectivity index (χ2n) is 7.42. The molecule has 1 amide bonds. The summed E-state index contributed by atoms with van der Waals surface area (Å²) in [6.45, 7) is 0.863. The molecule has 1 N–H and O–H groups in total. The number of hydrogen-bond acceptors (Lipinski definition) is 3. The fourth-order valence-corrected chi connectivity index (χ4v) is 4.19. The summed E-state index contributed by atoms with van der Waals surface area (Å²) in [4.78, 5) is 15.1. The van der Waals surface area contributed by atoms with Crippen molar-refractivity contribution in [3.8, 4) is 0 Å². The van der Waals surface area contributed by atoms with Gasteiger partial charge in [0.05, 0.1) is 12.3 Å². The zero-order valence-electron chi connectivity index (χ0n) is 17.2. The first-order chi connectivity index (χ1) is 14.8. The molecule has 162 valence electrons. The van der Waals surface area contributed by atoms with Crippen molar-refractivity contribution in [2.24, 2.45) is 0 Å². The summed E-state index contributed by atoms with van der Waals surface area (Å²) in [5, 5.41) is 0.544. The molecule has 0 heterocycles. The molecule has 0 radical (unpaired) electrons. The van der Waals surface area contributed by atoms with Crippen molar-refractivity contribution in [2.75, 3.05) is 6.26 Å². The van der Waals surface area contributed by atoms with E-state index in [4.69, 9.17) is 11.6 Å². The number of sulfonamides is 1. The second-order valence-corrected chi connectivity index (χ2v) is 9.64. The van der Waals surface area contributed by atoms with Gasteiger partial charge in [-0.3, -0.25) is 4.79 Å². The van der Waals surface area contributed by atoms with Crippen molar-refractivity contribution >= 4 is 27.5 Å². The number of amides is 1. The molecule has 0 aliphatic carbocycles. The van der Waals surface area contributed by atoms with Crippen molar-refractivity contribution in [3.05, 3.63) is 107 Å². The smallest absolute Gasteiger partial charge is 0.225 e. The van der Waals surface area contributed by atoms with Crippen LogP contribution in [0, 0.1) is 0 Å². The molecule has 0 aliphatic heterocycles. The van der Waals surface area contributed by atoms with Crippen LogP contribution in [0.5, 0.6) is 0 Å². The summed E-state index contributed by atoms with van der Waals surface area (Å²) in [6.07, 6.45) is 1.08. The number of nitrogens with one attached hydrogen (secondary N) is 1. The van der Waals surface area contributed by atoms with Gasteiger partial charge in [0, 0.05) is 24.5 Å². The third-order valence-electron chi connectivity index (χ3n) is 4.79. The number of nitrogens with zero attached hydrogens (tertiary/aromatic N) is 1. The van der Waals surface area contributed by atoms with Gasteiger partial charge in [-0.05, 0) is 28.8 Å². The molecule has 1 atom stereocenters. The van der Waals surface area contributed by atoms with Crippen molar-refractivity contribution in [3.63, 3.8) is 0 Å². The fraction of sp³-hybridized carbons (Fsp3) is 0.208. The van der Waals surface area contributed by atoms with Gasteiger partial charge in [0.1, 0.15) is 0 Å². The molecule has 0 saturated heterocycles. The lowest BCUT2D eigenvalue weighted by atomic mass is 10.0. The Morgan fingerprint density at radius 3 is 1.81 bits per heavy atom. The molecule has 3 aromatic carbocycles. The van der Waals surface area contributed by atoms with Crippen molar-refractivity contribution in [1.82, 2.24) is 9.62 Å². The molecule has 0 saturated carbocycles. The van der Waals surface area contributed by atoms with E-state index in [1.54, 1.807) is 29.2 Å². The van der Waals surface area contributed by atoms with Gasteiger partial charge in [-0.1, -0.05) is 84.4 Å². The van der Waals surface area contributed by atoms with Crippen LogP contribution < -0.4 is 4.72 Å². The van der Waals surface area contributed by atoms with E-state index in [1.165, 1.54) is 0 Å². The van der Waals surface area contributed by atoms with Crippen molar-refractivity contribution in [1.29, 1.82) is 0 Å². The molecule has 3 aromatic rings. The van der Waals surface area contributed by atoms with Crippen LogP contribution in [0.4, 0.5) is 0 Å². The molecule has 3 rings (SSSR count). The average Bonchev–Trinajstić information content (AvgIpc) is 2.74. The van der Waals surface area contributed by atoms with Gasteiger partial charge >= 0.3 is 0 Å². The van der Waals surface area contributed by atoms with Gasteiger partial charge in [0.2, 0.25) is 15.9 Å². The molecular formula is C24H25ClN2O3S. The quantitative estimate of drug-likeness (QED) is 0.513.